The molecule has 4 heteroatoms. The zero-order chi connectivity index (χ0) is 15.2. The van der Waals surface area contributed by atoms with Crippen molar-refractivity contribution in [2.24, 2.45) is 11.8 Å². The highest BCUT2D eigenvalue weighted by atomic mass is 35.5. The maximum Gasteiger partial charge on any atom is 0.224 e. The Bertz CT molecular complexity index is 453. The molecule has 1 fully saturated rings. The predicted octanol–water partition coefficient (Wildman–Crippen LogP) is 3.48. The van der Waals surface area contributed by atoms with Gasteiger partial charge in [0, 0.05) is 6.54 Å². The van der Waals surface area contributed by atoms with Crippen LogP contribution in [0.2, 0.25) is 0 Å². The lowest BCUT2D eigenvalue weighted by Crippen LogP contribution is -2.42. The van der Waals surface area contributed by atoms with Gasteiger partial charge in [-0.05, 0) is 42.9 Å². The quantitative estimate of drug-likeness (QED) is 0.870. The fraction of sp³-hybridized carbons (Fsp3) is 0.611. The molecule has 2 N–H and O–H groups in total. The van der Waals surface area contributed by atoms with E-state index in [1.165, 1.54) is 11.1 Å². The van der Waals surface area contributed by atoms with Crippen LogP contribution >= 0.6 is 12.4 Å². The van der Waals surface area contributed by atoms with Crippen molar-refractivity contribution >= 4 is 18.3 Å². The maximum absolute atomic E-state index is 12.5. The standard InChI is InChI=1S/C18H28N2O.ClH/c1-4-14-7-9-15(10-8-14)17(13(2)3)20-18(21)16-6-5-11-19-12-16;/h7-10,13,16-17,19H,4-6,11-12H2,1-3H3,(H,20,21);1H. The van der Waals surface area contributed by atoms with Gasteiger partial charge in [-0.1, -0.05) is 45.0 Å². The number of hydrogen-bond donors (Lipinski definition) is 2. The fourth-order valence-corrected chi connectivity index (χ4v) is 2.94. The summed E-state index contributed by atoms with van der Waals surface area (Å²) in [5, 5.41) is 6.57. The molecule has 3 nitrogen and oxygen atoms in total. The second kappa shape index (κ2) is 9.16. The molecule has 0 spiro atoms. The summed E-state index contributed by atoms with van der Waals surface area (Å²) in [6, 6.07) is 8.74. The molecule has 0 aliphatic carbocycles. The highest BCUT2D eigenvalue weighted by Crippen LogP contribution is 2.23. The number of piperidine rings is 1. The Morgan fingerprint density at radius 1 is 1.32 bits per heavy atom. The molecule has 2 atom stereocenters. The first-order chi connectivity index (χ1) is 10.1. The van der Waals surface area contributed by atoms with E-state index in [0.717, 1.165) is 32.4 Å². The molecule has 0 radical (unpaired) electrons. The summed E-state index contributed by atoms with van der Waals surface area (Å²) in [5.74, 6) is 0.702. The van der Waals surface area contributed by atoms with Gasteiger partial charge in [0.2, 0.25) is 5.91 Å². The van der Waals surface area contributed by atoms with Gasteiger partial charge in [0.25, 0.3) is 0 Å². The van der Waals surface area contributed by atoms with Crippen LogP contribution in [-0.4, -0.2) is 19.0 Å². The molecule has 1 saturated heterocycles. The summed E-state index contributed by atoms with van der Waals surface area (Å²) in [5.41, 5.74) is 2.54. The molecule has 124 valence electrons. The van der Waals surface area contributed by atoms with E-state index in [4.69, 9.17) is 0 Å². The van der Waals surface area contributed by atoms with Gasteiger partial charge in [-0.25, -0.2) is 0 Å². The summed E-state index contributed by atoms with van der Waals surface area (Å²) in [6.45, 7) is 8.34. The first-order valence-electron chi connectivity index (χ1n) is 8.21. The second-order valence-electron chi connectivity index (χ2n) is 6.37. The lowest BCUT2D eigenvalue weighted by molar-refractivity contribution is -0.126. The maximum atomic E-state index is 12.5. The zero-order valence-electron chi connectivity index (χ0n) is 13.9. The first kappa shape index (κ1) is 19.0. The van der Waals surface area contributed by atoms with Gasteiger partial charge in [0.1, 0.15) is 0 Å². The summed E-state index contributed by atoms with van der Waals surface area (Å²) in [6.07, 6.45) is 3.14. The lowest BCUT2D eigenvalue weighted by Gasteiger charge is -2.28. The highest BCUT2D eigenvalue weighted by Gasteiger charge is 2.25. The Morgan fingerprint density at radius 3 is 2.50 bits per heavy atom. The summed E-state index contributed by atoms with van der Waals surface area (Å²) >= 11 is 0. The molecule has 22 heavy (non-hydrogen) atoms. The van der Waals surface area contributed by atoms with Gasteiger partial charge < -0.3 is 10.6 Å². The first-order valence-corrected chi connectivity index (χ1v) is 8.21. The smallest absolute Gasteiger partial charge is 0.224 e. The van der Waals surface area contributed by atoms with Crippen molar-refractivity contribution in [1.29, 1.82) is 0 Å². The number of aryl methyl sites for hydroxylation is 1. The SMILES string of the molecule is CCc1ccc(C(NC(=O)C2CCCNC2)C(C)C)cc1.Cl. The van der Waals surface area contributed by atoms with Crippen molar-refractivity contribution in [1.82, 2.24) is 10.6 Å². The molecule has 1 aromatic rings. The monoisotopic (exact) mass is 324 g/mol. The molecule has 1 aromatic carbocycles. The molecule has 2 rings (SSSR count). The lowest BCUT2D eigenvalue weighted by atomic mass is 9.92. The van der Waals surface area contributed by atoms with Gasteiger partial charge in [-0.2, -0.15) is 0 Å². The van der Waals surface area contributed by atoms with Crippen LogP contribution in [0.3, 0.4) is 0 Å². The molecule has 1 aliphatic heterocycles. The van der Waals surface area contributed by atoms with Crippen LogP contribution in [0.4, 0.5) is 0 Å². The molecular weight excluding hydrogens is 296 g/mol. The van der Waals surface area contributed by atoms with Crippen molar-refractivity contribution in [3.8, 4) is 0 Å². The molecule has 0 aromatic heterocycles. The van der Waals surface area contributed by atoms with Crippen LogP contribution in [0, 0.1) is 11.8 Å². The van der Waals surface area contributed by atoms with E-state index >= 15 is 0 Å². The minimum absolute atomic E-state index is 0. The number of nitrogens with one attached hydrogen (secondary N) is 2. The predicted molar refractivity (Wildman–Crippen MR) is 94.4 cm³/mol. The topological polar surface area (TPSA) is 41.1 Å². The summed E-state index contributed by atoms with van der Waals surface area (Å²) in [7, 11) is 0. The number of halogens is 1. The minimum atomic E-state index is 0. The summed E-state index contributed by atoms with van der Waals surface area (Å²) < 4.78 is 0. The van der Waals surface area contributed by atoms with Crippen molar-refractivity contribution in [2.45, 2.75) is 46.1 Å². The van der Waals surface area contributed by atoms with E-state index in [9.17, 15) is 4.79 Å². The van der Waals surface area contributed by atoms with E-state index < -0.39 is 0 Å². The third-order valence-electron chi connectivity index (χ3n) is 4.38. The average Bonchev–Trinajstić information content (AvgIpc) is 2.53. The summed E-state index contributed by atoms with van der Waals surface area (Å²) in [4.78, 5) is 12.5. The van der Waals surface area contributed by atoms with E-state index in [2.05, 4.69) is 55.7 Å². The molecule has 0 saturated carbocycles. The van der Waals surface area contributed by atoms with Crippen LogP contribution < -0.4 is 10.6 Å². The molecule has 2 unspecified atom stereocenters. The van der Waals surface area contributed by atoms with E-state index in [1.54, 1.807) is 0 Å². The number of carbonyl (C=O) groups is 1. The van der Waals surface area contributed by atoms with Crippen molar-refractivity contribution in [2.75, 3.05) is 13.1 Å². The molecule has 1 aliphatic rings. The Kier molecular flexibility index (Phi) is 7.91. The Balaban J connectivity index is 0.00000242. The van der Waals surface area contributed by atoms with Gasteiger partial charge in [-0.3, -0.25) is 4.79 Å². The largest absolute Gasteiger partial charge is 0.349 e. The minimum Gasteiger partial charge on any atom is -0.349 e. The zero-order valence-corrected chi connectivity index (χ0v) is 14.7. The van der Waals surface area contributed by atoms with Gasteiger partial charge in [0.15, 0.2) is 0 Å². The van der Waals surface area contributed by atoms with Crippen LogP contribution in [0.25, 0.3) is 0 Å². The molecule has 1 amide bonds. The van der Waals surface area contributed by atoms with Crippen molar-refractivity contribution in [3.63, 3.8) is 0 Å². The van der Waals surface area contributed by atoms with Crippen LogP contribution in [0.5, 0.6) is 0 Å². The number of carbonyl (C=O) groups excluding carboxylic acids is 1. The van der Waals surface area contributed by atoms with Gasteiger partial charge in [0.05, 0.1) is 12.0 Å². The van der Waals surface area contributed by atoms with Crippen LogP contribution in [-0.2, 0) is 11.2 Å². The third kappa shape index (κ3) is 4.99. The molecule has 0 bridgehead atoms. The number of benzene rings is 1. The molecule has 1 heterocycles. The van der Waals surface area contributed by atoms with Gasteiger partial charge in [-0.15, -0.1) is 12.4 Å². The van der Waals surface area contributed by atoms with E-state index in [0.29, 0.717) is 5.92 Å². The number of rotatable bonds is 5. The van der Waals surface area contributed by atoms with Crippen LogP contribution in [0.1, 0.15) is 50.8 Å². The highest BCUT2D eigenvalue weighted by molar-refractivity contribution is 5.85. The number of hydrogen-bond acceptors (Lipinski definition) is 2. The molecular formula is C18H29ClN2O. The van der Waals surface area contributed by atoms with E-state index in [-0.39, 0.29) is 30.3 Å². The normalized spacial score (nSPS) is 19.4. The Morgan fingerprint density at radius 2 is 2.00 bits per heavy atom. The fourth-order valence-electron chi connectivity index (χ4n) is 2.94. The average molecular weight is 325 g/mol. The van der Waals surface area contributed by atoms with Crippen molar-refractivity contribution in [3.05, 3.63) is 35.4 Å². The second-order valence-corrected chi connectivity index (χ2v) is 6.37. The Labute approximate surface area is 140 Å². The number of amides is 1. The van der Waals surface area contributed by atoms with Crippen molar-refractivity contribution < 1.29 is 4.79 Å². The third-order valence-corrected chi connectivity index (χ3v) is 4.38. The Hall–Kier alpha value is -1.06. The van der Waals surface area contributed by atoms with Gasteiger partial charge >= 0.3 is 0 Å². The van der Waals surface area contributed by atoms with E-state index in [1.807, 2.05) is 0 Å². The van der Waals surface area contributed by atoms with Crippen LogP contribution in [0.15, 0.2) is 24.3 Å².